The molecule has 0 spiro atoms. The molecular formula is C20H21N5O2. The highest BCUT2D eigenvalue weighted by Crippen LogP contribution is 2.12. The van der Waals surface area contributed by atoms with E-state index in [-0.39, 0.29) is 17.5 Å². The van der Waals surface area contributed by atoms with Crippen LogP contribution in [-0.4, -0.2) is 43.8 Å². The second-order valence-electron chi connectivity index (χ2n) is 6.51. The summed E-state index contributed by atoms with van der Waals surface area (Å²) in [5.41, 5.74) is 2.24. The van der Waals surface area contributed by atoms with E-state index in [9.17, 15) is 9.59 Å². The smallest absolute Gasteiger partial charge is 0.264 e. The number of hydrogen-bond donors (Lipinski definition) is 1. The molecule has 7 heteroatoms. The Labute approximate surface area is 157 Å². The average molecular weight is 363 g/mol. The number of carbonyl (C=O) groups is 1. The van der Waals surface area contributed by atoms with Gasteiger partial charge in [0.25, 0.3) is 11.5 Å². The van der Waals surface area contributed by atoms with Crippen LogP contribution < -0.4 is 5.56 Å². The SMILES string of the molecule is Cc1ccnc(CC(C)N(C)C(=O)c2cnc(-c3cccnc3)[nH]c2=O)c1. The lowest BCUT2D eigenvalue weighted by Crippen LogP contribution is -2.39. The Hall–Kier alpha value is -3.35. The van der Waals surface area contributed by atoms with Crippen molar-refractivity contribution in [3.05, 3.63) is 76.2 Å². The zero-order chi connectivity index (χ0) is 19.4. The van der Waals surface area contributed by atoms with Crippen molar-refractivity contribution >= 4 is 5.91 Å². The lowest BCUT2D eigenvalue weighted by Gasteiger charge is -2.24. The molecule has 1 N–H and O–H groups in total. The number of nitrogens with zero attached hydrogens (tertiary/aromatic N) is 4. The molecule has 1 unspecified atom stereocenters. The van der Waals surface area contributed by atoms with Gasteiger partial charge in [0.1, 0.15) is 11.4 Å². The second-order valence-corrected chi connectivity index (χ2v) is 6.51. The molecule has 0 saturated carbocycles. The second kappa shape index (κ2) is 7.90. The number of carbonyl (C=O) groups excluding carboxylic acids is 1. The van der Waals surface area contributed by atoms with Crippen molar-refractivity contribution < 1.29 is 4.79 Å². The van der Waals surface area contributed by atoms with Gasteiger partial charge in [0.05, 0.1) is 0 Å². The third-order valence-electron chi connectivity index (χ3n) is 4.42. The third kappa shape index (κ3) is 4.25. The number of rotatable bonds is 5. The Morgan fingerprint density at radius 1 is 1.22 bits per heavy atom. The molecule has 7 nitrogen and oxygen atoms in total. The minimum absolute atomic E-state index is 0.00851. The fourth-order valence-corrected chi connectivity index (χ4v) is 2.74. The van der Waals surface area contributed by atoms with Crippen molar-refractivity contribution in [3.63, 3.8) is 0 Å². The van der Waals surface area contributed by atoms with Crippen LogP contribution in [0.15, 0.2) is 53.8 Å². The number of amides is 1. The Balaban J connectivity index is 1.77. The largest absolute Gasteiger partial charge is 0.338 e. The van der Waals surface area contributed by atoms with Gasteiger partial charge in [0, 0.05) is 55.6 Å². The van der Waals surface area contributed by atoms with E-state index >= 15 is 0 Å². The third-order valence-corrected chi connectivity index (χ3v) is 4.42. The van der Waals surface area contributed by atoms with E-state index in [1.54, 1.807) is 42.7 Å². The summed E-state index contributed by atoms with van der Waals surface area (Å²) in [5.74, 6) is 0.00551. The molecule has 0 fully saturated rings. The van der Waals surface area contributed by atoms with Gasteiger partial charge in [-0.2, -0.15) is 0 Å². The van der Waals surface area contributed by atoms with Crippen LogP contribution in [0.3, 0.4) is 0 Å². The first kappa shape index (κ1) is 18.4. The van der Waals surface area contributed by atoms with Crippen molar-refractivity contribution in [2.24, 2.45) is 0 Å². The Morgan fingerprint density at radius 3 is 2.70 bits per heavy atom. The van der Waals surface area contributed by atoms with Gasteiger partial charge in [-0.25, -0.2) is 4.98 Å². The highest BCUT2D eigenvalue weighted by molar-refractivity contribution is 5.93. The van der Waals surface area contributed by atoms with Gasteiger partial charge < -0.3 is 9.88 Å². The fraction of sp³-hybridized carbons (Fsp3) is 0.250. The first-order chi connectivity index (χ1) is 13.0. The molecule has 1 atom stereocenters. The van der Waals surface area contributed by atoms with Crippen LogP contribution in [0.5, 0.6) is 0 Å². The molecule has 3 rings (SSSR count). The van der Waals surface area contributed by atoms with Gasteiger partial charge in [0.2, 0.25) is 0 Å². The summed E-state index contributed by atoms with van der Waals surface area (Å²) in [6.45, 7) is 3.92. The molecule has 138 valence electrons. The maximum atomic E-state index is 12.7. The number of pyridine rings is 2. The Kier molecular flexibility index (Phi) is 5.40. The predicted molar refractivity (Wildman–Crippen MR) is 102 cm³/mol. The van der Waals surface area contributed by atoms with Crippen LogP contribution in [-0.2, 0) is 6.42 Å². The molecule has 0 bridgehead atoms. The van der Waals surface area contributed by atoms with Crippen molar-refractivity contribution in [2.75, 3.05) is 7.05 Å². The minimum Gasteiger partial charge on any atom is -0.338 e. The van der Waals surface area contributed by atoms with Crippen LogP contribution in [0.25, 0.3) is 11.4 Å². The van der Waals surface area contributed by atoms with Crippen molar-refractivity contribution in [1.29, 1.82) is 0 Å². The molecule has 3 aromatic rings. The van der Waals surface area contributed by atoms with Crippen molar-refractivity contribution in [1.82, 2.24) is 24.8 Å². The summed E-state index contributed by atoms with van der Waals surface area (Å²) in [6.07, 6.45) is 6.91. The molecular weight excluding hydrogens is 342 g/mol. The van der Waals surface area contributed by atoms with Crippen LogP contribution in [0.1, 0.15) is 28.5 Å². The van der Waals surface area contributed by atoms with E-state index in [2.05, 4.69) is 19.9 Å². The maximum absolute atomic E-state index is 12.7. The highest BCUT2D eigenvalue weighted by Gasteiger charge is 2.21. The molecule has 3 heterocycles. The zero-order valence-corrected chi connectivity index (χ0v) is 15.5. The van der Waals surface area contributed by atoms with E-state index in [4.69, 9.17) is 0 Å². The Morgan fingerprint density at radius 2 is 2.04 bits per heavy atom. The summed E-state index contributed by atoms with van der Waals surface area (Å²) in [6, 6.07) is 7.34. The van der Waals surface area contributed by atoms with Crippen LogP contribution in [0.4, 0.5) is 0 Å². The number of hydrogen-bond acceptors (Lipinski definition) is 5. The number of likely N-dealkylation sites (N-methyl/N-ethyl adjacent to an activating group) is 1. The van der Waals surface area contributed by atoms with Gasteiger partial charge in [-0.1, -0.05) is 0 Å². The number of nitrogens with one attached hydrogen (secondary N) is 1. The summed E-state index contributed by atoms with van der Waals surface area (Å²) in [5, 5.41) is 0. The number of aromatic amines is 1. The fourth-order valence-electron chi connectivity index (χ4n) is 2.74. The first-order valence-corrected chi connectivity index (χ1v) is 8.64. The average Bonchev–Trinajstić information content (AvgIpc) is 2.67. The number of H-pyrrole nitrogens is 1. The van der Waals surface area contributed by atoms with Crippen molar-refractivity contribution in [3.8, 4) is 11.4 Å². The molecule has 0 aliphatic carbocycles. The molecule has 3 aromatic heterocycles. The quantitative estimate of drug-likeness (QED) is 0.750. The van der Waals surface area contributed by atoms with Gasteiger partial charge in [-0.15, -0.1) is 0 Å². The standard InChI is InChI=1S/C20H21N5O2/c1-13-6-8-22-16(9-13)10-14(2)25(3)20(27)17-12-23-18(24-19(17)26)15-5-4-7-21-11-15/h4-9,11-12,14H,10H2,1-3H3,(H,23,24,26). The first-order valence-electron chi connectivity index (χ1n) is 8.64. The van der Waals surface area contributed by atoms with Gasteiger partial charge in [-0.3, -0.25) is 19.6 Å². The van der Waals surface area contributed by atoms with Crippen LogP contribution in [0, 0.1) is 6.92 Å². The molecule has 1 amide bonds. The molecule has 0 aliphatic rings. The van der Waals surface area contributed by atoms with Gasteiger partial charge in [0.15, 0.2) is 0 Å². The molecule has 0 radical (unpaired) electrons. The van der Waals surface area contributed by atoms with E-state index in [0.717, 1.165) is 11.3 Å². The molecule has 0 saturated heterocycles. The van der Waals surface area contributed by atoms with E-state index < -0.39 is 5.56 Å². The predicted octanol–water partition coefficient (Wildman–Crippen LogP) is 2.24. The molecule has 0 aliphatic heterocycles. The lowest BCUT2D eigenvalue weighted by molar-refractivity contribution is 0.0740. The summed E-state index contributed by atoms with van der Waals surface area (Å²) in [4.78, 5) is 41.9. The van der Waals surface area contributed by atoms with Crippen molar-refractivity contribution in [2.45, 2.75) is 26.3 Å². The summed E-state index contributed by atoms with van der Waals surface area (Å²) < 4.78 is 0. The number of aryl methyl sites for hydroxylation is 1. The molecule has 0 aromatic carbocycles. The number of aromatic nitrogens is 4. The van der Waals surface area contributed by atoms with Crippen LogP contribution >= 0.6 is 0 Å². The van der Waals surface area contributed by atoms with Crippen LogP contribution in [0.2, 0.25) is 0 Å². The zero-order valence-electron chi connectivity index (χ0n) is 15.5. The Bertz CT molecular complexity index is 1000. The lowest BCUT2D eigenvalue weighted by atomic mass is 10.1. The summed E-state index contributed by atoms with van der Waals surface area (Å²) >= 11 is 0. The molecule has 27 heavy (non-hydrogen) atoms. The van der Waals surface area contributed by atoms with Gasteiger partial charge >= 0.3 is 0 Å². The normalized spacial score (nSPS) is 11.8. The summed E-state index contributed by atoms with van der Waals surface area (Å²) in [7, 11) is 1.68. The monoisotopic (exact) mass is 363 g/mol. The van der Waals surface area contributed by atoms with E-state index in [1.165, 1.54) is 6.20 Å². The minimum atomic E-state index is -0.471. The van der Waals surface area contributed by atoms with E-state index in [1.807, 2.05) is 26.0 Å². The van der Waals surface area contributed by atoms with E-state index in [0.29, 0.717) is 17.8 Å². The highest BCUT2D eigenvalue weighted by atomic mass is 16.2. The van der Waals surface area contributed by atoms with Gasteiger partial charge in [-0.05, 0) is 43.7 Å². The topological polar surface area (TPSA) is 91.8 Å². The maximum Gasteiger partial charge on any atom is 0.264 e.